The van der Waals surface area contributed by atoms with E-state index >= 15 is 0 Å². The van der Waals surface area contributed by atoms with Crippen LogP contribution in [0.5, 0.6) is 0 Å². The molecule has 2 nitrogen and oxygen atoms in total. The van der Waals surface area contributed by atoms with Crippen LogP contribution in [0.15, 0.2) is 47.6 Å². The molecule has 2 aliphatic heterocycles. The first kappa shape index (κ1) is 77.8. The monoisotopic (exact) mass is 1060 g/mol. The Bertz CT molecular complexity index is 1160. The van der Waals surface area contributed by atoms with Gasteiger partial charge in [-0.25, -0.2) is 0 Å². The largest absolute Gasteiger partial charge is 0.378 e. The van der Waals surface area contributed by atoms with Gasteiger partial charge in [-0.2, -0.15) is 0 Å². The third-order valence-corrected chi connectivity index (χ3v) is 17.7. The third kappa shape index (κ3) is 46.1. The number of hydrogen-bond donors (Lipinski definition) is 0. The second-order valence-electron chi connectivity index (χ2n) is 27.1. The van der Waals surface area contributed by atoms with Crippen molar-refractivity contribution in [2.24, 2.45) is 71.0 Å². The summed E-state index contributed by atoms with van der Waals surface area (Å²) in [4.78, 5) is 0. The lowest BCUT2D eigenvalue weighted by atomic mass is 9.84. The molecule has 0 N–H and O–H groups in total. The van der Waals surface area contributed by atoms with E-state index in [0.717, 1.165) is 84.2 Å². The molecule has 9 rings (SSSR count). The smallest absolute Gasteiger partial charge is 0.0547 e. The summed E-state index contributed by atoms with van der Waals surface area (Å²) in [6.45, 7) is 42.9. The molecule has 1 aromatic carbocycles. The molecule has 0 aromatic heterocycles. The van der Waals surface area contributed by atoms with Gasteiger partial charge < -0.3 is 9.47 Å². The summed E-state index contributed by atoms with van der Waals surface area (Å²) in [7, 11) is 0. The molecule has 6 aliphatic carbocycles. The van der Waals surface area contributed by atoms with Crippen LogP contribution in [0.3, 0.4) is 0 Å². The van der Waals surface area contributed by atoms with Gasteiger partial charge in [-0.3, -0.25) is 0 Å². The first-order valence-corrected chi connectivity index (χ1v) is 31.7. The van der Waals surface area contributed by atoms with Crippen molar-refractivity contribution in [3.05, 3.63) is 58.7 Å². The molecular formula is C73H148O2. The SMILES string of the molecule is C.C.C.CC1=CCC(C)CC1.CC1=CCC(C)CC1.CC1CCC(C)CC1.CC1CCC(C)CC1.CC1CCC(C)CC1.CC1CCC(C)CC1.CC1CCC(C)OC1.CC1CCC(C)OC1.Cc1ccc(C)cc1.[2HH].[HH].[HH]. The van der Waals surface area contributed by atoms with Gasteiger partial charge in [0.1, 0.15) is 0 Å². The molecule has 4 saturated carbocycles. The third-order valence-electron chi connectivity index (χ3n) is 17.7. The minimum atomic E-state index is 0. The van der Waals surface area contributed by atoms with E-state index in [1.165, 1.54) is 178 Å². The maximum Gasteiger partial charge on any atom is 0.0547 e. The Morgan fingerprint density at radius 3 is 0.627 bits per heavy atom. The fourth-order valence-electron chi connectivity index (χ4n) is 10.6. The van der Waals surface area contributed by atoms with Crippen LogP contribution in [0.25, 0.3) is 0 Å². The number of aryl methyl sites for hydroxylation is 2. The van der Waals surface area contributed by atoms with E-state index in [1.807, 2.05) is 0 Å². The molecule has 6 fully saturated rings. The number of rotatable bonds is 0. The van der Waals surface area contributed by atoms with E-state index in [0.29, 0.717) is 12.2 Å². The zero-order valence-corrected chi connectivity index (χ0v) is 52.2. The van der Waals surface area contributed by atoms with Crippen LogP contribution in [-0.4, -0.2) is 25.4 Å². The lowest BCUT2D eigenvalue weighted by molar-refractivity contribution is 0.000174. The van der Waals surface area contributed by atoms with Crippen molar-refractivity contribution in [3.8, 4) is 0 Å². The van der Waals surface area contributed by atoms with Crippen molar-refractivity contribution >= 4 is 0 Å². The first-order valence-electron chi connectivity index (χ1n) is 31.7. The molecular weight excluding hydrogens is 909 g/mol. The molecule has 2 saturated heterocycles. The highest BCUT2D eigenvalue weighted by Gasteiger charge is 2.17. The summed E-state index contributed by atoms with van der Waals surface area (Å²) in [5.41, 5.74) is 5.83. The number of hydrogen-bond acceptors (Lipinski definition) is 2. The predicted molar refractivity (Wildman–Crippen MR) is 351 cm³/mol. The van der Waals surface area contributed by atoms with Crippen LogP contribution < -0.4 is 0 Å². The Kier molecular flexibility index (Phi) is 49.2. The van der Waals surface area contributed by atoms with Gasteiger partial charge in [0.25, 0.3) is 0 Å². The Labute approximate surface area is 480 Å². The Hall–Kier alpha value is -1.38. The Morgan fingerprint density at radius 2 is 0.493 bits per heavy atom. The fourth-order valence-corrected chi connectivity index (χ4v) is 10.6. The average Bonchev–Trinajstić information content (AvgIpc) is 3.36. The minimum Gasteiger partial charge on any atom is -0.378 e. The van der Waals surface area contributed by atoms with Crippen molar-refractivity contribution in [1.82, 2.24) is 0 Å². The molecule has 2 heteroatoms. The highest BCUT2D eigenvalue weighted by molar-refractivity contribution is 5.19. The fraction of sp³-hybridized carbons (Fsp3) is 0.863. The van der Waals surface area contributed by atoms with E-state index in [9.17, 15) is 0 Å². The van der Waals surface area contributed by atoms with Gasteiger partial charge in [-0.15, -0.1) is 0 Å². The standard InChI is InChI=1S/4C8H16.2C8H14.C8H10.2C7H14O.3CH4.3H2/c7*1-7-3-5-8(2)6-4-7;2*1-6-3-4-7(2)8-5-6;;;;;;/h4*7-8H,3-6H2,1-2H3;2*3,8H,4-6H2,1-2H3;3-6H,1-2H3;2*6-7H,3-5H2,1-2H3;3*1H4;3*1H/i;;;;;;;;;;;;1+1;;. The number of allylic oxidation sites excluding steroid dienone is 4. The molecule has 0 bridgehead atoms. The maximum atomic E-state index is 5.39. The molecule has 2 heterocycles. The Balaban J connectivity index is -0.000000185. The molecule has 8 aliphatic rings. The van der Waals surface area contributed by atoms with Gasteiger partial charge in [0, 0.05) is 17.5 Å². The second-order valence-corrected chi connectivity index (χ2v) is 27.1. The normalized spacial score (nSPS) is 32.8. The lowest BCUT2D eigenvalue weighted by Crippen LogP contribution is -2.21. The summed E-state index contributed by atoms with van der Waals surface area (Å²) in [6, 6.07) is 8.48. The molecule has 452 valence electrons. The summed E-state index contributed by atoms with van der Waals surface area (Å²) >= 11 is 0. The van der Waals surface area contributed by atoms with Gasteiger partial charge in [-0.05, 0) is 177 Å². The molecule has 75 heavy (non-hydrogen) atoms. The average molecular weight is 1060 g/mol. The second kappa shape index (κ2) is 47.4. The minimum absolute atomic E-state index is 0. The lowest BCUT2D eigenvalue weighted by Gasteiger charge is -2.23. The molecule has 0 spiro atoms. The quantitative estimate of drug-likeness (QED) is 0.241. The van der Waals surface area contributed by atoms with Gasteiger partial charge in [0.05, 0.1) is 12.2 Å². The summed E-state index contributed by atoms with van der Waals surface area (Å²) in [5, 5.41) is 0. The first-order chi connectivity index (χ1) is 34.1. The van der Waals surface area contributed by atoms with Gasteiger partial charge in [-0.1, -0.05) is 267 Å². The van der Waals surface area contributed by atoms with Crippen LogP contribution >= 0.6 is 0 Å². The van der Waals surface area contributed by atoms with Crippen LogP contribution in [0.1, 0.15) is 315 Å². The van der Waals surface area contributed by atoms with E-state index in [-0.39, 0.29) is 26.6 Å². The van der Waals surface area contributed by atoms with Crippen LogP contribution in [-0.2, 0) is 9.47 Å². The van der Waals surface area contributed by atoms with E-state index in [2.05, 4.69) is 161 Å². The number of ether oxygens (including phenoxy) is 2. The van der Waals surface area contributed by atoms with E-state index < -0.39 is 0 Å². The summed E-state index contributed by atoms with van der Waals surface area (Å²) in [5.74, 6) is 11.6. The van der Waals surface area contributed by atoms with Crippen molar-refractivity contribution in [2.45, 2.75) is 326 Å². The molecule has 0 radical (unpaired) electrons. The zero-order valence-electron chi connectivity index (χ0n) is 52.2. The van der Waals surface area contributed by atoms with Gasteiger partial charge in [0.2, 0.25) is 0 Å². The van der Waals surface area contributed by atoms with Crippen LogP contribution in [0.4, 0.5) is 0 Å². The maximum absolute atomic E-state index is 5.39. The van der Waals surface area contributed by atoms with Gasteiger partial charge in [0.15, 0.2) is 0 Å². The van der Waals surface area contributed by atoms with E-state index in [1.54, 1.807) is 11.1 Å². The van der Waals surface area contributed by atoms with E-state index in [4.69, 9.17) is 9.47 Å². The van der Waals surface area contributed by atoms with Crippen molar-refractivity contribution in [1.29, 1.82) is 0 Å². The predicted octanol–water partition coefficient (Wildman–Crippen LogP) is 25.4. The molecule has 0 amide bonds. The molecule has 6 atom stereocenters. The highest BCUT2D eigenvalue weighted by Crippen LogP contribution is 2.30. The molecule has 6 unspecified atom stereocenters. The van der Waals surface area contributed by atoms with Crippen molar-refractivity contribution in [3.63, 3.8) is 0 Å². The number of benzene rings is 1. The summed E-state index contributed by atoms with van der Waals surface area (Å²) < 4.78 is 10.8. The van der Waals surface area contributed by atoms with Crippen LogP contribution in [0.2, 0.25) is 0 Å². The molecule has 1 aromatic rings. The van der Waals surface area contributed by atoms with Gasteiger partial charge >= 0.3 is 0 Å². The van der Waals surface area contributed by atoms with Crippen molar-refractivity contribution in [2.75, 3.05) is 13.2 Å². The van der Waals surface area contributed by atoms with Crippen LogP contribution in [0, 0.1) is 84.9 Å². The highest BCUT2D eigenvalue weighted by atomic mass is 16.5. The Morgan fingerprint density at radius 1 is 0.293 bits per heavy atom. The zero-order chi connectivity index (χ0) is 53.8. The summed E-state index contributed by atoms with van der Waals surface area (Å²) in [6.07, 6.45) is 42.7. The van der Waals surface area contributed by atoms with Crippen molar-refractivity contribution < 1.29 is 13.8 Å². The topological polar surface area (TPSA) is 18.5 Å².